The number of hydrogen-bond donors (Lipinski definition) is 1. The third-order valence-corrected chi connectivity index (χ3v) is 3.63. The summed E-state index contributed by atoms with van der Waals surface area (Å²) in [5.41, 5.74) is 0.761. The molecule has 3 rings (SSSR count). The maximum Gasteiger partial charge on any atom is 0.573 e. The summed E-state index contributed by atoms with van der Waals surface area (Å²) in [5, 5.41) is 2.53. The summed E-state index contributed by atoms with van der Waals surface area (Å²) >= 11 is 3.30. The molecule has 0 aromatic heterocycles. The zero-order chi connectivity index (χ0) is 16.6. The summed E-state index contributed by atoms with van der Waals surface area (Å²) < 4.78 is 46.9. The van der Waals surface area contributed by atoms with Crippen LogP contribution in [0.5, 0.6) is 11.5 Å². The Bertz CT molecular complexity index is 747. The zero-order valence-corrected chi connectivity index (χ0v) is 12.9. The lowest BCUT2D eigenvalue weighted by Crippen LogP contribution is -2.30. The maximum atomic E-state index is 12.2. The fourth-order valence-electron chi connectivity index (χ4n) is 2.14. The molecule has 1 N–H and O–H groups in total. The number of ether oxygens (including phenoxy) is 2. The molecule has 1 heterocycles. The van der Waals surface area contributed by atoms with Crippen LogP contribution in [0.4, 0.5) is 18.9 Å². The van der Waals surface area contributed by atoms with Crippen molar-refractivity contribution >= 4 is 27.5 Å². The molecule has 2 aromatic carbocycles. The highest BCUT2D eigenvalue weighted by molar-refractivity contribution is 9.10. The zero-order valence-electron chi connectivity index (χ0n) is 11.4. The van der Waals surface area contributed by atoms with Crippen molar-refractivity contribution in [3.05, 3.63) is 52.5 Å². The van der Waals surface area contributed by atoms with Crippen molar-refractivity contribution in [2.45, 2.75) is 12.5 Å². The topological polar surface area (TPSA) is 47.6 Å². The molecule has 1 aliphatic rings. The standard InChI is InChI=1S/C15H9BrF3NO3/c16-9-3-1-8(2-4-9)13-14(21)20-11-7-10(23-15(17,18)19)5-6-12(11)22-13/h1-7,13H,(H,20,21)/t13-/m1/s1. The molecule has 1 atom stereocenters. The number of benzene rings is 2. The summed E-state index contributed by atoms with van der Waals surface area (Å²) in [5.74, 6) is -0.627. The Labute approximate surface area is 137 Å². The molecule has 0 aliphatic carbocycles. The van der Waals surface area contributed by atoms with Gasteiger partial charge < -0.3 is 14.8 Å². The van der Waals surface area contributed by atoms with E-state index in [2.05, 4.69) is 26.0 Å². The van der Waals surface area contributed by atoms with Crippen LogP contribution in [0.25, 0.3) is 0 Å². The molecule has 0 fully saturated rings. The van der Waals surface area contributed by atoms with Gasteiger partial charge in [-0.15, -0.1) is 13.2 Å². The van der Waals surface area contributed by atoms with E-state index in [4.69, 9.17) is 4.74 Å². The van der Waals surface area contributed by atoms with Gasteiger partial charge in [-0.05, 0) is 24.3 Å². The lowest BCUT2D eigenvalue weighted by molar-refractivity contribution is -0.274. The van der Waals surface area contributed by atoms with Gasteiger partial charge in [-0.3, -0.25) is 4.79 Å². The molecule has 4 nitrogen and oxygen atoms in total. The minimum Gasteiger partial charge on any atom is -0.474 e. The Morgan fingerprint density at radius 2 is 1.83 bits per heavy atom. The molecule has 0 unspecified atom stereocenters. The van der Waals surface area contributed by atoms with Gasteiger partial charge in [0, 0.05) is 16.1 Å². The number of anilines is 1. The number of halogens is 4. The first-order valence-electron chi connectivity index (χ1n) is 6.44. The molecule has 0 spiro atoms. The van der Waals surface area contributed by atoms with Crippen molar-refractivity contribution in [2.75, 3.05) is 5.32 Å². The largest absolute Gasteiger partial charge is 0.573 e. The van der Waals surface area contributed by atoms with E-state index >= 15 is 0 Å². The quantitative estimate of drug-likeness (QED) is 0.829. The third-order valence-electron chi connectivity index (χ3n) is 3.10. The molecule has 0 saturated carbocycles. The van der Waals surface area contributed by atoms with Gasteiger partial charge in [0.25, 0.3) is 5.91 Å². The maximum absolute atomic E-state index is 12.2. The average molecular weight is 388 g/mol. The van der Waals surface area contributed by atoms with E-state index in [1.54, 1.807) is 24.3 Å². The predicted octanol–water partition coefficient (Wildman–Crippen LogP) is 4.42. The van der Waals surface area contributed by atoms with Gasteiger partial charge in [-0.2, -0.15) is 0 Å². The summed E-state index contributed by atoms with van der Waals surface area (Å²) in [6, 6.07) is 10.5. The number of carbonyl (C=O) groups is 1. The van der Waals surface area contributed by atoms with Crippen molar-refractivity contribution in [3.8, 4) is 11.5 Å². The summed E-state index contributed by atoms with van der Waals surface area (Å²) in [7, 11) is 0. The van der Waals surface area contributed by atoms with Crippen LogP contribution in [0.1, 0.15) is 11.7 Å². The molecule has 8 heteroatoms. The summed E-state index contributed by atoms with van der Waals surface area (Å²) in [6.45, 7) is 0. The van der Waals surface area contributed by atoms with E-state index in [1.807, 2.05) is 0 Å². The molecule has 0 saturated heterocycles. The number of nitrogens with one attached hydrogen (secondary N) is 1. The van der Waals surface area contributed by atoms with Crippen molar-refractivity contribution in [2.24, 2.45) is 0 Å². The van der Waals surface area contributed by atoms with Crippen LogP contribution < -0.4 is 14.8 Å². The average Bonchev–Trinajstić information content (AvgIpc) is 2.46. The summed E-state index contributed by atoms with van der Waals surface area (Å²) in [6.07, 6.45) is -5.67. The predicted molar refractivity (Wildman–Crippen MR) is 79.3 cm³/mol. The molecule has 1 aliphatic heterocycles. The lowest BCUT2D eigenvalue weighted by Gasteiger charge is -2.26. The van der Waals surface area contributed by atoms with Crippen LogP contribution >= 0.6 is 15.9 Å². The minimum absolute atomic E-state index is 0.130. The van der Waals surface area contributed by atoms with E-state index in [0.717, 1.165) is 16.6 Å². The first-order valence-corrected chi connectivity index (χ1v) is 7.24. The normalized spacial score (nSPS) is 17.0. The minimum atomic E-state index is -4.80. The van der Waals surface area contributed by atoms with Crippen molar-refractivity contribution < 1.29 is 27.4 Å². The summed E-state index contributed by atoms with van der Waals surface area (Å²) in [4.78, 5) is 12.1. The Hall–Kier alpha value is -2.22. The van der Waals surface area contributed by atoms with Gasteiger partial charge in [-0.1, -0.05) is 28.1 Å². The number of hydrogen-bond acceptors (Lipinski definition) is 3. The first-order chi connectivity index (χ1) is 10.8. The van der Waals surface area contributed by atoms with Crippen LogP contribution in [0.3, 0.4) is 0 Å². The molecule has 23 heavy (non-hydrogen) atoms. The van der Waals surface area contributed by atoms with Gasteiger partial charge in [0.05, 0.1) is 5.69 Å². The highest BCUT2D eigenvalue weighted by Crippen LogP contribution is 2.38. The van der Waals surface area contributed by atoms with Crippen LogP contribution in [-0.2, 0) is 4.79 Å². The van der Waals surface area contributed by atoms with Gasteiger partial charge in [0.1, 0.15) is 11.5 Å². The fourth-order valence-corrected chi connectivity index (χ4v) is 2.41. The van der Waals surface area contributed by atoms with Gasteiger partial charge in [0.2, 0.25) is 6.10 Å². The second-order valence-electron chi connectivity index (χ2n) is 4.74. The Morgan fingerprint density at radius 1 is 1.13 bits per heavy atom. The Balaban J connectivity index is 1.86. The Morgan fingerprint density at radius 3 is 2.48 bits per heavy atom. The molecule has 120 valence electrons. The van der Waals surface area contributed by atoms with Crippen LogP contribution in [-0.4, -0.2) is 12.3 Å². The number of alkyl halides is 3. The van der Waals surface area contributed by atoms with E-state index < -0.39 is 24.1 Å². The van der Waals surface area contributed by atoms with Gasteiger partial charge in [0.15, 0.2) is 0 Å². The van der Waals surface area contributed by atoms with E-state index in [9.17, 15) is 18.0 Å². The van der Waals surface area contributed by atoms with Crippen LogP contribution in [0.15, 0.2) is 46.9 Å². The second kappa shape index (κ2) is 5.77. The number of rotatable bonds is 2. The molecular weight excluding hydrogens is 379 g/mol. The van der Waals surface area contributed by atoms with Crippen molar-refractivity contribution in [3.63, 3.8) is 0 Å². The molecule has 0 radical (unpaired) electrons. The van der Waals surface area contributed by atoms with Crippen molar-refractivity contribution in [1.82, 2.24) is 0 Å². The number of fused-ring (bicyclic) bond motifs is 1. The fraction of sp³-hybridized carbons (Fsp3) is 0.133. The number of carbonyl (C=O) groups excluding carboxylic acids is 1. The number of amides is 1. The van der Waals surface area contributed by atoms with E-state index in [1.165, 1.54) is 6.07 Å². The second-order valence-corrected chi connectivity index (χ2v) is 5.66. The van der Waals surface area contributed by atoms with Crippen molar-refractivity contribution in [1.29, 1.82) is 0 Å². The van der Waals surface area contributed by atoms with E-state index in [0.29, 0.717) is 5.56 Å². The highest BCUT2D eigenvalue weighted by Gasteiger charge is 2.33. The molecular formula is C15H9BrF3NO3. The first kappa shape index (κ1) is 15.7. The van der Waals surface area contributed by atoms with Gasteiger partial charge in [-0.25, -0.2) is 0 Å². The van der Waals surface area contributed by atoms with Crippen LogP contribution in [0, 0.1) is 0 Å². The smallest absolute Gasteiger partial charge is 0.474 e. The Kier molecular flexibility index (Phi) is 3.93. The molecule has 0 bridgehead atoms. The van der Waals surface area contributed by atoms with Gasteiger partial charge >= 0.3 is 6.36 Å². The van der Waals surface area contributed by atoms with E-state index in [-0.39, 0.29) is 11.4 Å². The molecule has 1 amide bonds. The monoisotopic (exact) mass is 387 g/mol. The highest BCUT2D eigenvalue weighted by atomic mass is 79.9. The lowest BCUT2D eigenvalue weighted by atomic mass is 10.1. The SMILES string of the molecule is O=C1Nc2cc(OC(F)(F)F)ccc2O[C@@H]1c1ccc(Br)cc1. The van der Waals surface area contributed by atoms with Crippen LogP contribution in [0.2, 0.25) is 0 Å². The molecule has 2 aromatic rings. The third kappa shape index (κ3) is 3.58.